The summed E-state index contributed by atoms with van der Waals surface area (Å²) in [7, 11) is -1.82. The van der Waals surface area contributed by atoms with Gasteiger partial charge in [0.1, 0.15) is 16.7 Å². The van der Waals surface area contributed by atoms with Gasteiger partial charge >= 0.3 is 0 Å². The van der Waals surface area contributed by atoms with Crippen molar-refractivity contribution in [2.24, 2.45) is 5.92 Å². The van der Waals surface area contributed by atoms with Crippen LogP contribution in [0.5, 0.6) is 5.75 Å². The van der Waals surface area contributed by atoms with Gasteiger partial charge < -0.3 is 9.84 Å². The number of rotatable bonds is 7. The Morgan fingerprint density at radius 1 is 1.11 bits per heavy atom. The minimum Gasteiger partial charge on any atom is -0.487 e. The number of benzene rings is 2. The van der Waals surface area contributed by atoms with E-state index in [1.54, 1.807) is 37.5 Å². The fourth-order valence-corrected chi connectivity index (χ4v) is 6.26. The van der Waals surface area contributed by atoms with Crippen LogP contribution in [-0.2, 0) is 16.6 Å². The van der Waals surface area contributed by atoms with Crippen LogP contribution in [0.15, 0.2) is 78.0 Å². The molecule has 0 fully saturated rings. The Morgan fingerprint density at radius 2 is 1.83 bits per heavy atom. The van der Waals surface area contributed by atoms with Gasteiger partial charge in [0.05, 0.1) is 6.61 Å². The van der Waals surface area contributed by atoms with Gasteiger partial charge in [0, 0.05) is 44.0 Å². The number of nitrogens with zero attached hydrogens (tertiary/aromatic N) is 3. The SMILES string of the molecule is C[C@@H]1CN([C@H](C)CO)S(=O)(=O)c2ccc(-c3ccncc3)cc2O[C@H]1CN(C)Cc1ccccc1. The highest BCUT2D eigenvalue weighted by atomic mass is 32.2. The monoisotopic (exact) mass is 495 g/mol. The molecule has 0 spiro atoms. The molecule has 186 valence electrons. The van der Waals surface area contributed by atoms with Crippen molar-refractivity contribution in [3.63, 3.8) is 0 Å². The summed E-state index contributed by atoms with van der Waals surface area (Å²) in [5, 5.41) is 9.83. The maximum Gasteiger partial charge on any atom is 0.247 e. The standard InChI is InChI=1S/C27H33N3O4S/c1-20-16-30(21(2)19-31)35(32,33)27-10-9-24(23-11-13-28-14-12-23)15-25(27)34-26(20)18-29(3)17-22-7-5-4-6-8-22/h4-15,20-21,26,31H,16-19H2,1-3H3/t20-,21-,26+/m1/s1. The maximum absolute atomic E-state index is 13.7. The van der Waals surface area contributed by atoms with E-state index < -0.39 is 16.1 Å². The lowest BCUT2D eigenvalue weighted by Crippen LogP contribution is -2.49. The van der Waals surface area contributed by atoms with Gasteiger partial charge in [-0.1, -0.05) is 43.3 Å². The van der Waals surface area contributed by atoms with Gasteiger partial charge in [-0.25, -0.2) is 8.42 Å². The van der Waals surface area contributed by atoms with Crippen LogP contribution in [0.3, 0.4) is 0 Å². The van der Waals surface area contributed by atoms with Gasteiger partial charge in [-0.2, -0.15) is 4.31 Å². The fraction of sp³-hybridized carbons (Fsp3) is 0.370. The first-order valence-corrected chi connectivity index (χ1v) is 13.3. The summed E-state index contributed by atoms with van der Waals surface area (Å²) < 4.78 is 35.2. The van der Waals surface area contributed by atoms with Crippen LogP contribution < -0.4 is 4.74 Å². The lowest BCUT2D eigenvalue weighted by atomic mass is 10.0. The lowest BCUT2D eigenvalue weighted by molar-refractivity contribution is 0.0734. The van der Waals surface area contributed by atoms with Crippen molar-refractivity contribution in [3.05, 3.63) is 78.6 Å². The van der Waals surface area contributed by atoms with Gasteiger partial charge in [-0.05, 0) is 54.9 Å². The molecule has 1 aliphatic rings. The Bertz CT molecular complexity index is 1220. The van der Waals surface area contributed by atoms with Crippen LogP contribution in [0, 0.1) is 5.92 Å². The number of aromatic nitrogens is 1. The summed E-state index contributed by atoms with van der Waals surface area (Å²) in [5.74, 6) is 0.230. The Hall–Kier alpha value is -2.78. The molecule has 8 heteroatoms. The van der Waals surface area contributed by atoms with Crippen molar-refractivity contribution in [1.82, 2.24) is 14.2 Å². The maximum atomic E-state index is 13.7. The predicted octanol–water partition coefficient (Wildman–Crippen LogP) is 3.65. The number of aliphatic hydroxyl groups is 1. The van der Waals surface area contributed by atoms with E-state index >= 15 is 0 Å². The molecule has 2 heterocycles. The normalized spacial score (nSPS) is 20.9. The summed E-state index contributed by atoms with van der Waals surface area (Å²) in [5.41, 5.74) is 2.98. The van der Waals surface area contributed by atoms with Gasteiger partial charge in [0.15, 0.2) is 0 Å². The molecule has 3 aromatic rings. The second kappa shape index (κ2) is 10.9. The van der Waals surface area contributed by atoms with Crippen molar-refractivity contribution >= 4 is 10.0 Å². The summed E-state index contributed by atoms with van der Waals surface area (Å²) in [4.78, 5) is 6.39. The third kappa shape index (κ3) is 5.73. The van der Waals surface area contributed by atoms with E-state index in [-0.39, 0.29) is 30.1 Å². The van der Waals surface area contributed by atoms with E-state index in [0.29, 0.717) is 12.3 Å². The second-order valence-electron chi connectivity index (χ2n) is 9.32. The first-order valence-electron chi connectivity index (χ1n) is 11.9. The Balaban J connectivity index is 1.72. The second-order valence-corrected chi connectivity index (χ2v) is 11.2. The molecular formula is C27H33N3O4S. The van der Waals surface area contributed by atoms with E-state index in [1.165, 1.54) is 9.87 Å². The highest BCUT2D eigenvalue weighted by Gasteiger charge is 2.38. The highest BCUT2D eigenvalue weighted by molar-refractivity contribution is 7.89. The van der Waals surface area contributed by atoms with E-state index in [2.05, 4.69) is 22.0 Å². The Morgan fingerprint density at radius 3 is 2.51 bits per heavy atom. The van der Waals surface area contributed by atoms with Gasteiger partial charge in [-0.3, -0.25) is 9.88 Å². The van der Waals surface area contributed by atoms with Crippen molar-refractivity contribution in [1.29, 1.82) is 0 Å². The number of aliphatic hydroxyl groups excluding tert-OH is 1. The van der Waals surface area contributed by atoms with Crippen LogP contribution in [0.4, 0.5) is 0 Å². The topological polar surface area (TPSA) is 83.0 Å². The molecule has 0 radical (unpaired) electrons. The van der Waals surface area contributed by atoms with Gasteiger partial charge in [0.25, 0.3) is 0 Å². The number of sulfonamides is 1. The molecule has 0 bridgehead atoms. The van der Waals surface area contributed by atoms with E-state index in [4.69, 9.17) is 4.74 Å². The average molecular weight is 496 g/mol. The fourth-order valence-electron chi connectivity index (χ4n) is 4.43. The molecule has 0 aliphatic carbocycles. The molecule has 0 saturated carbocycles. The Kier molecular flexibility index (Phi) is 7.86. The molecule has 1 N–H and O–H groups in total. The number of ether oxygens (including phenoxy) is 1. The molecule has 2 aromatic carbocycles. The zero-order valence-corrected chi connectivity index (χ0v) is 21.2. The van der Waals surface area contributed by atoms with Gasteiger partial charge in [-0.15, -0.1) is 0 Å². The summed E-state index contributed by atoms with van der Waals surface area (Å²) >= 11 is 0. The third-order valence-corrected chi connectivity index (χ3v) is 8.49. The summed E-state index contributed by atoms with van der Waals surface area (Å²) in [6.45, 7) is 5.12. The van der Waals surface area contributed by atoms with Crippen LogP contribution in [-0.4, -0.2) is 66.6 Å². The first kappa shape index (κ1) is 25.3. The minimum absolute atomic E-state index is 0.102. The van der Waals surface area contributed by atoms with E-state index in [0.717, 1.165) is 17.7 Å². The molecular weight excluding hydrogens is 462 g/mol. The number of hydrogen-bond donors (Lipinski definition) is 1. The van der Waals surface area contributed by atoms with E-state index in [9.17, 15) is 13.5 Å². The molecule has 1 aliphatic heterocycles. The minimum atomic E-state index is -3.86. The van der Waals surface area contributed by atoms with Crippen LogP contribution >= 0.6 is 0 Å². The Labute approximate surface area is 208 Å². The van der Waals surface area contributed by atoms with Crippen molar-refractivity contribution in [2.45, 2.75) is 37.4 Å². The smallest absolute Gasteiger partial charge is 0.247 e. The van der Waals surface area contributed by atoms with Crippen molar-refractivity contribution in [3.8, 4) is 16.9 Å². The third-order valence-electron chi connectivity index (χ3n) is 6.47. The van der Waals surface area contributed by atoms with Crippen LogP contribution in [0.1, 0.15) is 19.4 Å². The molecule has 35 heavy (non-hydrogen) atoms. The molecule has 1 aromatic heterocycles. The van der Waals surface area contributed by atoms with Gasteiger partial charge in [0.2, 0.25) is 10.0 Å². The summed E-state index contributed by atoms with van der Waals surface area (Å²) in [6, 6.07) is 18.6. The number of hydrogen-bond acceptors (Lipinski definition) is 6. The van der Waals surface area contributed by atoms with E-state index in [1.807, 2.05) is 44.3 Å². The average Bonchev–Trinajstić information content (AvgIpc) is 2.86. The van der Waals surface area contributed by atoms with Crippen molar-refractivity contribution in [2.75, 3.05) is 26.7 Å². The molecule has 0 unspecified atom stereocenters. The van der Waals surface area contributed by atoms with Crippen LogP contribution in [0.25, 0.3) is 11.1 Å². The first-order chi connectivity index (χ1) is 16.8. The number of fused-ring (bicyclic) bond motifs is 1. The molecule has 4 rings (SSSR count). The number of pyridine rings is 1. The van der Waals surface area contributed by atoms with Crippen molar-refractivity contribution < 1.29 is 18.3 Å². The van der Waals surface area contributed by atoms with Crippen LogP contribution in [0.2, 0.25) is 0 Å². The lowest BCUT2D eigenvalue weighted by Gasteiger charge is -2.37. The predicted molar refractivity (Wildman–Crippen MR) is 136 cm³/mol. The molecule has 7 nitrogen and oxygen atoms in total. The largest absolute Gasteiger partial charge is 0.487 e. The zero-order chi connectivity index (χ0) is 25.0. The zero-order valence-electron chi connectivity index (χ0n) is 20.4. The highest BCUT2D eigenvalue weighted by Crippen LogP contribution is 2.36. The molecule has 3 atom stereocenters. The summed E-state index contributed by atoms with van der Waals surface area (Å²) in [6.07, 6.45) is 3.16. The quantitative estimate of drug-likeness (QED) is 0.539. The molecule has 0 saturated heterocycles. The molecule has 0 amide bonds. The number of likely N-dealkylation sites (N-methyl/N-ethyl adjacent to an activating group) is 1.